The SMILES string of the molecule is CC(=O)OC[C@@H](N)C(=O)NCc1ccccc1. The molecule has 0 fully saturated rings. The minimum absolute atomic E-state index is 0.101. The maximum absolute atomic E-state index is 11.5. The van der Waals surface area contributed by atoms with Crippen molar-refractivity contribution >= 4 is 11.9 Å². The molecule has 3 N–H and O–H groups in total. The summed E-state index contributed by atoms with van der Waals surface area (Å²) in [5.41, 5.74) is 6.53. The van der Waals surface area contributed by atoms with Crippen LogP contribution in [0.3, 0.4) is 0 Å². The molecule has 0 aliphatic rings. The van der Waals surface area contributed by atoms with Gasteiger partial charge in [0.05, 0.1) is 0 Å². The fourth-order valence-electron chi connectivity index (χ4n) is 1.20. The van der Waals surface area contributed by atoms with Crippen LogP contribution in [-0.4, -0.2) is 24.5 Å². The predicted octanol–water partition coefficient (Wildman–Crippen LogP) is 0.193. The minimum Gasteiger partial charge on any atom is -0.464 e. The van der Waals surface area contributed by atoms with Gasteiger partial charge in [0.25, 0.3) is 0 Å². The predicted molar refractivity (Wildman–Crippen MR) is 62.9 cm³/mol. The molecule has 0 saturated heterocycles. The van der Waals surface area contributed by atoms with E-state index < -0.39 is 12.0 Å². The van der Waals surface area contributed by atoms with Crippen LogP contribution < -0.4 is 11.1 Å². The van der Waals surface area contributed by atoms with Gasteiger partial charge in [-0.05, 0) is 5.56 Å². The van der Waals surface area contributed by atoms with Crippen molar-refractivity contribution in [2.24, 2.45) is 5.73 Å². The van der Waals surface area contributed by atoms with Crippen LogP contribution in [0, 0.1) is 0 Å². The molecule has 0 aliphatic carbocycles. The summed E-state index contributed by atoms with van der Waals surface area (Å²) in [6, 6.07) is 8.65. The summed E-state index contributed by atoms with van der Waals surface area (Å²) in [6.07, 6.45) is 0. The van der Waals surface area contributed by atoms with E-state index in [1.165, 1.54) is 6.92 Å². The van der Waals surface area contributed by atoms with Gasteiger partial charge in [-0.25, -0.2) is 0 Å². The quantitative estimate of drug-likeness (QED) is 0.715. The third-order valence-corrected chi connectivity index (χ3v) is 2.11. The van der Waals surface area contributed by atoms with Crippen molar-refractivity contribution in [2.75, 3.05) is 6.61 Å². The van der Waals surface area contributed by atoms with Gasteiger partial charge in [-0.15, -0.1) is 0 Å². The van der Waals surface area contributed by atoms with E-state index in [2.05, 4.69) is 10.1 Å². The van der Waals surface area contributed by atoms with Gasteiger partial charge >= 0.3 is 5.97 Å². The summed E-state index contributed by atoms with van der Waals surface area (Å²) in [6.45, 7) is 1.58. The maximum atomic E-state index is 11.5. The van der Waals surface area contributed by atoms with Crippen molar-refractivity contribution in [2.45, 2.75) is 19.5 Å². The Kier molecular flexibility index (Phi) is 5.16. The van der Waals surface area contributed by atoms with Crippen molar-refractivity contribution < 1.29 is 14.3 Å². The Morgan fingerprint density at radius 3 is 2.59 bits per heavy atom. The Hall–Kier alpha value is -1.88. The molecule has 0 radical (unpaired) electrons. The molecule has 0 unspecified atom stereocenters. The monoisotopic (exact) mass is 236 g/mol. The molecule has 1 rings (SSSR count). The number of nitrogens with one attached hydrogen (secondary N) is 1. The third kappa shape index (κ3) is 5.12. The summed E-state index contributed by atoms with van der Waals surface area (Å²) >= 11 is 0. The highest BCUT2D eigenvalue weighted by Crippen LogP contribution is 1.97. The van der Waals surface area contributed by atoms with Crippen molar-refractivity contribution in [3.05, 3.63) is 35.9 Å². The van der Waals surface area contributed by atoms with Crippen molar-refractivity contribution in [1.82, 2.24) is 5.32 Å². The van der Waals surface area contributed by atoms with E-state index in [0.29, 0.717) is 6.54 Å². The van der Waals surface area contributed by atoms with E-state index in [-0.39, 0.29) is 12.5 Å². The number of hydrogen-bond donors (Lipinski definition) is 2. The summed E-state index contributed by atoms with van der Waals surface area (Å²) in [4.78, 5) is 22.0. The second-order valence-corrected chi connectivity index (χ2v) is 3.61. The zero-order chi connectivity index (χ0) is 12.7. The smallest absolute Gasteiger partial charge is 0.302 e. The number of nitrogens with two attached hydrogens (primary N) is 1. The van der Waals surface area contributed by atoms with Crippen molar-refractivity contribution in [1.29, 1.82) is 0 Å². The normalized spacial score (nSPS) is 11.6. The second-order valence-electron chi connectivity index (χ2n) is 3.61. The lowest BCUT2D eigenvalue weighted by Gasteiger charge is -2.11. The molecule has 0 aliphatic heterocycles. The molecule has 1 aromatic rings. The molecule has 1 aromatic carbocycles. The van der Waals surface area contributed by atoms with Crippen LogP contribution in [0.5, 0.6) is 0 Å². The van der Waals surface area contributed by atoms with Gasteiger partial charge in [0.1, 0.15) is 12.6 Å². The molecule has 0 heterocycles. The fraction of sp³-hybridized carbons (Fsp3) is 0.333. The molecule has 1 amide bonds. The summed E-state index contributed by atoms with van der Waals surface area (Å²) < 4.78 is 4.65. The average molecular weight is 236 g/mol. The van der Waals surface area contributed by atoms with E-state index in [4.69, 9.17) is 5.73 Å². The highest BCUT2D eigenvalue weighted by molar-refractivity contribution is 5.81. The van der Waals surface area contributed by atoms with E-state index in [9.17, 15) is 9.59 Å². The Morgan fingerprint density at radius 2 is 2.00 bits per heavy atom. The first kappa shape index (κ1) is 13.2. The number of carbonyl (C=O) groups excluding carboxylic acids is 2. The standard InChI is InChI=1S/C12H16N2O3/c1-9(15)17-8-11(13)12(16)14-7-10-5-3-2-4-6-10/h2-6,11H,7-8,13H2,1H3,(H,14,16)/t11-/m1/s1. The van der Waals surface area contributed by atoms with Gasteiger partial charge in [0.15, 0.2) is 0 Å². The third-order valence-electron chi connectivity index (χ3n) is 2.11. The lowest BCUT2D eigenvalue weighted by Crippen LogP contribution is -2.43. The molecule has 0 saturated carbocycles. The summed E-state index contributed by atoms with van der Waals surface area (Å²) in [5.74, 6) is -0.786. The van der Waals surface area contributed by atoms with Crippen LogP contribution in [0.1, 0.15) is 12.5 Å². The first-order valence-corrected chi connectivity index (χ1v) is 5.30. The van der Waals surface area contributed by atoms with Crippen LogP contribution in [0.25, 0.3) is 0 Å². The highest BCUT2D eigenvalue weighted by Gasteiger charge is 2.14. The van der Waals surface area contributed by atoms with Crippen LogP contribution in [0.15, 0.2) is 30.3 Å². The van der Waals surface area contributed by atoms with Crippen molar-refractivity contribution in [3.8, 4) is 0 Å². The summed E-state index contributed by atoms with van der Waals surface area (Å²) in [5, 5.41) is 2.67. The second kappa shape index (κ2) is 6.65. The number of hydrogen-bond acceptors (Lipinski definition) is 4. The van der Waals surface area contributed by atoms with Gasteiger partial charge in [-0.1, -0.05) is 30.3 Å². The summed E-state index contributed by atoms with van der Waals surface area (Å²) in [7, 11) is 0. The number of amides is 1. The molecule has 92 valence electrons. The van der Waals surface area contributed by atoms with E-state index in [1.807, 2.05) is 30.3 Å². The molecule has 17 heavy (non-hydrogen) atoms. The van der Waals surface area contributed by atoms with Gasteiger partial charge < -0.3 is 15.8 Å². The fourth-order valence-corrected chi connectivity index (χ4v) is 1.20. The van der Waals surface area contributed by atoms with Crippen LogP contribution in [-0.2, 0) is 20.9 Å². The van der Waals surface area contributed by atoms with Crippen LogP contribution >= 0.6 is 0 Å². The Morgan fingerprint density at radius 1 is 1.35 bits per heavy atom. The van der Waals surface area contributed by atoms with Crippen molar-refractivity contribution in [3.63, 3.8) is 0 Å². The Labute approximate surface area is 99.9 Å². The first-order chi connectivity index (χ1) is 8.09. The number of carbonyl (C=O) groups is 2. The molecule has 0 bridgehead atoms. The molecule has 1 atom stereocenters. The zero-order valence-electron chi connectivity index (χ0n) is 9.68. The van der Waals surface area contributed by atoms with Gasteiger partial charge in [-0.2, -0.15) is 0 Å². The number of rotatable bonds is 5. The minimum atomic E-state index is -0.831. The van der Waals surface area contributed by atoms with E-state index in [0.717, 1.165) is 5.56 Å². The van der Waals surface area contributed by atoms with Gasteiger partial charge in [-0.3, -0.25) is 9.59 Å². The number of esters is 1. The van der Waals surface area contributed by atoms with Gasteiger partial charge in [0.2, 0.25) is 5.91 Å². The molecule has 0 aromatic heterocycles. The maximum Gasteiger partial charge on any atom is 0.302 e. The van der Waals surface area contributed by atoms with Gasteiger partial charge in [0, 0.05) is 13.5 Å². The molecular weight excluding hydrogens is 220 g/mol. The van der Waals surface area contributed by atoms with E-state index >= 15 is 0 Å². The number of ether oxygens (including phenoxy) is 1. The highest BCUT2D eigenvalue weighted by atomic mass is 16.5. The molecule has 5 heteroatoms. The molecular formula is C12H16N2O3. The Balaban J connectivity index is 2.32. The average Bonchev–Trinajstić information content (AvgIpc) is 2.34. The number of benzene rings is 1. The largest absolute Gasteiger partial charge is 0.464 e. The topological polar surface area (TPSA) is 81.4 Å². The van der Waals surface area contributed by atoms with E-state index in [1.54, 1.807) is 0 Å². The van der Waals surface area contributed by atoms with Crippen LogP contribution in [0.2, 0.25) is 0 Å². The molecule has 5 nitrogen and oxygen atoms in total. The first-order valence-electron chi connectivity index (χ1n) is 5.30. The lowest BCUT2D eigenvalue weighted by molar-refractivity contribution is -0.142. The molecule has 0 spiro atoms. The zero-order valence-corrected chi connectivity index (χ0v) is 9.68. The lowest BCUT2D eigenvalue weighted by atomic mass is 10.2. The van der Waals surface area contributed by atoms with Crippen LogP contribution in [0.4, 0.5) is 0 Å². The Bertz CT molecular complexity index is 379.